The summed E-state index contributed by atoms with van der Waals surface area (Å²) in [6.45, 7) is 3.93. The maximum Gasteiger partial charge on any atom is 0.309 e. The van der Waals surface area contributed by atoms with Crippen molar-refractivity contribution in [1.29, 1.82) is 0 Å². The van der Waals surface area contributed by atoms with Crippen molar-refractivity contribution in [3.8, 4) is 0 Å². The van der Waals surface area contributed by atoms with Crippen LogP contribution in [0.15, 0.2) is 34.7 Å². The van der Waals surface area contributed by atoms with Crippen molar-refractivity contribution < 1.29 is 9.21 Å². The number of benzene rings is 1. The minimum Gasteiger partial charge on any atom is -0.417 e. The van der Waals surface area contributed by atoms with Crippen LogP contribution in [-0.4, -0.2) is 22.1 Å². The summed E-state index contributed by atoms with van der Waals surface area (Å²) in [6.07, 6.45) is 1.39. The lowest BCUT2D eigenvalue weighted by Gasteiger charge is -2.08. The van der Waals surface area contributed by atoms with Crippen LogP contribution in [0.5, 0.6) is 0 Å². The second-order valence-corrected chi connectivity index (χ2v) is 4.45. The molecule has 0 aliphatic heterocycles. The Balaban J connectivity index is 2.01. The molecular weight excluding hydrogens is 242 g/mol. The van der Waals surface area contributed by atoms with Gasteiger partial charge in [-0.05, 0) is 18.9 Å². The lowest BCUT2D eigenvalue weighted by atomic mass is 10.2. The van der Waals surface area contributed by atoms with Gasteiger partial charge < -0.3 is 9.73 Å². The Morgan fingerprint density at radius 2 is 2.05 bits per heavy atom. The van der Waals surface area contributed by atoms with Gasteiger partial charge in [0.25, 0.3) is 0 Å². The molecule has 1 unspecified atom stereocenters. The van der Waals surface area contributed by atoms with Gasteiger partial charge in [-0.2, -0.15) is 0 Å². The molecule has 5 heteroatoms. The number of carbonyl (C=O) groups is 1. The average molecular weight is 259 g/mol. The molecule has 1 heterocycles. The summed E-state index contributed by atoms with van der Waals surface area (Å²) < 4.78 is 5.36. The molecule has 100 valence electrons. The summed E-state index contributed by atoms with van der Waals surface area (Å²) in [5, 5.41) is 10.4. The van der Waals surface area contributed by atoms with Crippen molar-refractivity contribution in [3.63, 3.8) is 0 Å². The molecule has 0 spiro atoms. The molecule has 19 heavy (non-hydrogen) atoms. The van der Waals surface area contributed by atoms with Gasteiger partial charge in [-0.3, -0.25) is 4.79 Å². The molecule has 0 bridgehead atoms. The summed E-state index contributed by atoms with van der Waals surface area (Å²) in [5.74, 6) is 0.146. The first-order chi connectivity index (χ1) is 9.19. The van der Waals surface area contributed by atoms with E-state index >= 15 is 0 Å². The van der Waals surface area contributed by atoms with Crippen LogP contribution >= 0.6 is 0 Å². The molecule has 0 radical (unpaired) electrons. The SMILES string of the molecule is CCC(C)NC(=O)c1nnc(Cc2ccccc2)o1. The van der Waals surface area contributed by atoms with Crippen LogP contribution in [0.4, 0.5) is 0 Å². The maximum atomic E-state index is 11.8. The normalized spacial score (nSPS) is 12.1. The first-order valence-corrected chi connectivity index (χ1v) is 6.36. The number of hydrogen-bond donors (Lipinski definition) is 1. The van der Waals surface area contributed by atoms with E-state index in [2.05, 4.69) is 15.5 Å². The summed E-state index contributed by atoms with van der Waals surface area (Å²) in [7, 11) is 0. The van der Waals surface area contributed by atoms with Crippen molar-refractivity contribution in [3.05, 3.63) is 47.7 Å². The standard InChI is InChI=1S/C14H17N3O2/c1-3-10(2)15-13(18)14-17-16-12(19-14)9-11-7-5-4-6-8-11/h4-8,10H,3,9H2,1-2H3,(H,15,18). The van der Waals surface area contributed by atoms with E-state index in [9.17, 15) is 4.79 Å². The van der Waals surface area contributed by atoms with Crippen LogP contribution in [0.3, 0.4) is 0 Å². The number of aromatic nitrogens is 2. The molecule has 0 aliphatic rings. The Kier molecular flexibility index (Phi) is 4.28. The Hall–Kier alpha value is -2.17. The van der Waals surface area contributed by atoms with E-state index in [0.717, 1.165) is 12.0 Å². The van der Waals surface area contributed by atoms with E-state index in [0.29, 0.717) is 12.3 Å². The zero-order valence-electron chi connectivity index (χ0n) is 11.1. The van der Waals surface area contributed by atoms with Crippen molar-refractivity contribution in [2.45, 2.75) is 32.7 Å². The summed E-state index contributed by atoms with van der Waals surface area (Å²) in [5.41, 5.74) is 1.07. The van der Waals surface area contributed by atoms with Gasteiger partial charge in [0.2, 0.25) is 5.89 Å². The molecule has 0 fully saturated rings. The molecule has 2 rings (SSSR count). The Labute approximate surface area is 112 Å². The zero-order valence-corrected chi connectivity index (χ0v) is 11.1. The Morgan fingerprint density at radius 3 is 2.74 bits per heavy atom. The third-order valence-corrected chi connectivity index (χ3v) is 2.85. The highest BCUT2D eigenvalue weighted by atomic mass is 16.4. The first-order valence-electron chi connectivity index (χ1n) is 6.36. The highest BCUT2D eigenvalue weighted by molar-refractivity contribution is 5.89. The van der Waals surface area contributed by atoms with Crippen LogP contribution in [-0.2, 0) is 6.42 Å². The predicted molar refractivity (Wildman–Crippen MR) is 70.8 cm³/mol. The molecule has 5 nitrogen and oxygen atoms in total. The van der Waals surface area contributed by atoms with E-state index in [4.69, 9.17) is 4.42 Å². The quantitative estimate of drug-likeness (QED) is 0.893. The zero-order chi connectivity index (χ0) is 13.7. The van der Waals surface area contributed by atoms with Crippen LogP contribution in [0.25, 0.3) is 0 Å². The van der Waals surface area contributed by atoms with Crippen molar-refractivity contribution >= 4 is 5.91 Å². The van der Waals surface area contributed by atoms with Gasteiger partial charge in [-0.25, -0.2) is 0 Å². The predicted octanol–water partition coefficient (Wildman–Crippen LogP) is 2.19. The smallest absolute Gasteiger partial charge is 0.309 e. The number of carbonyl (C=O) groups excluding carboxylic acids is 1. The van der Waals surface area contributed by atoms with E-state index in [1.807, 2.05) is 44.2 Å². The largest absolute Gasteiger partial charge is 0.417 e. The first kappa shape index (κ1) is 13.3. The van der Waals surface area contributed by atoms with Crippen molar-refractivity contribution in [2.24, 2.45) is 0 Å². The number of rotatable bonds is 5. The molecule has 1 aromatic heterocycles. The third-order valence-electron chi connectivity index (χ3n) is 2.85. The van der Waals surface area contributed by atoms with Gasteiger partial charge in [0.05, 0.1) is 6.42 Å². The minimum absolute atomic E-state index is 0.0197. The molecule has 0 saturated carbocycles. The van der Waals surface area contributed by atoms with E-state index in [1.165, 1.54) is 0 Å². The van der Waals surface area contributed by atoms with Crippen molar-refractivity contribution in [2.75, 3.05) is 0 Å². The van der Waals surface area contributed by atoms with Gasteiger partial charge in [0.15, 0.2) is 0 Å². The molecule has 1 aromatic carbocycles. The minimum atomic E-state index is -0.318. The van der Waals surface area contributed by atoms with Gasteiger partial charge in [0, 0.05) is 6.04 Å². The Morgan fingerprint density at radius 1 is 1.32 bits per heavy atom. The molecular formula is C14H17N3O2. The lowest BCUT2D eigenvalue weighted by molar-refractivity contribution is 0.0902. The summed E-state index contributed by atoms with van der Waals surface area (Å²) in [4.78, 5) is 11.8. The van der Waals surface area contributed by atoms with Crippen LogP contribution < -0.4 is 5.32 Å². The number of amides is 1. The number of nitrogens with one attached hydrogen (secondary N) is 1. The maximum absolute atomic E-state index is 11.8. The second kappa shape index (κ2) is 6.13. The summed E-state index contributed by atoms with van der Waals surface area (Å²) >= 11 is 0. The molecule has 0 aliphatic carbocycles. The molecule has 1 N–H and O–H groups in total. The number of hydrogen-bond acceptors (Lipinski definition) is 4. The average Bonchev–Trinajstić information content (AvgIpc) is 2.88. The molecule has 0 saturated heterocycles. The lowest BCUT2D eigenvalue weighted by Crippen LogP contribution is -2.32. The van der Waals surface area contributed by atoms with Crippen LogP contribution in [0, 0.1) is 0 Å². The fourth-order valence-corrected chi connectivity index (χ4v) is 1.57. The van der Waals surface area contributed by atoms with Crippen LogP contribution in [0.2, 0.25) is 0 Å². The summed E-state index contributed by atoms with van der Waals surface area (Å²) in [6, 6.07) is 9.89. The monoisotopic (exact) mass is 259 g/mol. The van der Waals surface area contributed by atoms with Gasteiger partial charge >= 0.3 is 11.8 Å². The molecule has 2 aromatic rings. The van der Waals surface area contributed by atoms with Gasteiger partial charge in [-0.1, -0.05) is 37.3 Å². The van der Waals surface area contributed by atoms with Crippen LogP contribution in [0.1, 0.15) is 42.4 Å². The third kappa shape index (κ3) is 3.64. The number of nitrogens with zero attached hydrogens (tertiary/aromatic N) is 2. The van der Waals surface area contributed by atoms with E-state index in [-0.39, 0.29) is 17.8 Å². The highest BCUT2D eigenvalue weighted by Gasteiger charge is 2.16. The second-order valence-electron chi connectivity index (χ2n) is 4.45. The molecule has 1 amide bonds. The van der Waals surface area contributed by atoms with E-state index in [1.54, 1.807) is 0 Å². The van der Waals surface area contributed by atoms with Gasteiger partial charge in [0.1, 0.15) is 0 Å². The topological polar surface area (TPSA) is 68.0 Å². The van der Waals surface area contributed by atoms with Crippen molar-refractivity contribution in [1.82, 2.24) is 15.5 Å². The highest BCUT2D eigenvalue weighted by Crippen LogP contribution is 2.08. The fraction of sp³-hybridized carbons (Fsp3) is 0.357. The fourth-order valence-electron chi connectivity index (χ4n) is 1.57. The molecule has 1 atom stereocenters. The van der Waals surface area contributed by atoms with Gasteiger partial charge in [-0.15, -0.1) is 10.2 Å². The van der Waals surface area contributed by atoms with E-state index < -0.39 is 0 Å². The Bertz CT molecular complexity index is 537.